The molecule has 24 heavy (non-hydrogen) atoms. The van der Waals surface area contributed by atoms with Crippen LogP contribution < -0.4 is 5.01 Å². The molecule has 0 aliphatic carbocycles. The van der Waals surface area contributed by atoms with E-state index in [2.05, 4.69) is 41.3 Å². The van der Waals surface area contributed by atoms with Crippen molar-refractivity contribution in [3.05, 3.63) is 64.8 Å². The first-order chi connectivity index (χ1) is 11.5. The van der Waals surface area contributed by atoms with Crippen LogP contribution in [0, 0.1) is 20.8 Å². The van der Waals surface area contributed by atoms with E-state index in [0.29, 0.717) is 0 Å². The Hall–Kier alpha value is -2.88. The van der Waals surface area contributed by atoms with Gasteiger partial charge in [0, 0.05) is 29.6 Å². The van der Waals surface area contributed by atoms with Crippen LogP contribution in [0.2, 0.25) is 0 Å². The van der Waals surface area contributed by atoms with Crippen LogP contribution in [-0.2, 0) is 4.79 Å². The minimum absolute atomic E-state index is 0.116. The molecular weight excluding hydrogens is 298 g/mol. The highest BCUT2D eigenvalue weighted by molar-refractivity contribution is 6.01. The first-order valence-electron chi connectivity index (χ1n) is 7.95. The van der Waals surface area contributed by atoms with Gasteiger partial charge in [-0.2, -0.15) is 5.10 Å². The number of hydrogen-bond acceptors (Lipinski definition) is 2. The number of carbonyl (C=O) groups excluding carboxylic acids is 1. The van der Waals surface area contributed by atoms with E-state index in [1.165, 1.54) is 17.5 Å². The van der Waals surface area contributed by atoms with E-state index in [9.17, 15) is 4.79 Å². The number of hydrogen-bond donors (Lipinski definition) is 1. The van der Waals surface area contributed by atoms with Gasteiger partial charge >= 0.3 is 0 Å². The van der Waals surface area contributed by atoms with Gasteiger partial charge in [-0.3, -0.25) is 4.79 Å². The SMILES string of the molecule is CC(=O)N(/N=C/c1c[nH]c2ccc(C)cc12)c1ccc(C)cc1C. The zero-order valence-corrected chi connectivity index (χ0v) is 14.4. The zero-order valence-electron chi connectivity index (χ0n) is 14.4. The molecule has 0 unspecified atom stereocenters. The molecule has 0 spiro atoms. The van der Waals surface area contributed by atoms with Crippen molar-refractivity contribution in [1.82, 2.24) is 4.98 Å². The number of benzene rings is 2. The van der Waals surface area contributed by atoms with Crippen molar-refractivity contribution in [2.24, 2.45) is 5.10 Å². The maximum absolute atomic E-state index is 12.1. The van der Waals surface area contributed by atoms with Gasteiger partial charge in [0.05, 0.1) is 11.9 Å². The number of anilines is 1. The summed E-state index contributed by atoms with van der Waals surface area (Å²) in [6, 6.07) is 12.2. The van der Waals surface area contributed by atoms with Gasteiger partial charge in [0.25, 0.3) is 0 Å². The summed E-state index contributed by atoms with van der Waals surface area (Å²) >= 11 is 0. The molecule has 0 radical (unpaired) electrons. The van der Waals surface area contributed by atoms with Gasteiger partial charge in [-0.1, -0.05) is 29.3 Å². The Morgan fingerprint density at radius 2 is 1.79 bits per heavy atom. The summed E-state index contributed by atoms with van der Waals surface area (Å²) in [6.07, 6.45) is 3.65. The van der Waals surface area contributed by atoms with E-state index in [-0.39, 0.29) is 5.91 Å². The monoisotopic (exact) mass is 319 g/mol. The molecule has 1 amide bonds. The van der Waals surface area contributed by atoms with Crippen LogP contribution in [0.5, 0.6) is 0 Å². The molecule has 3 rings (SSSR count). The van der Waals surface area contributed by atoms with Crippen molar-refractivity contribution < 1.29 is 4.79 Å². The molecule has 1 aromatic heterocycles. The van der Waals surface area contributed by atoms with Gasteiger partial charge in [0.2, 0.25) is 5.91 Å². The number of aromatic amines is 1. The quantitative estimate of drug-likeness (QED) is 0.561. The molecule has 122 valence electrons. The Balaban J connectivity index is 1.99. The number of amides is 1. The van der Waals surface area contributed by atoms with Gasteiger partial charge in [-0.15, -0.1) is 0 Å². The Labute approximate surface area is 141 Å². The molecule has 0 saturated heterocycles. The predicted octanol–water partition coefficient (Wildman–Crippen LogP) is 4.48. The largest absolute Gasteiger partial charge is 0.361 e. The molecule has 1 heterocycles. The molecule has 0 fully saturated rings. The average molecular weight is 319 g/mol. The number of hydrazone groups is 1. The molecule has 2 aromatic carbocycles. The van der Waals surface area contributed by atoms with Gasteiger partial charge in [-0.25, -0.2) is 5.01 Å². The highest BCUT2D eigenvalue weighted by Crippen LogP contribution is 2.23. The summed E-state index contributed by atoms with van der Waals surface area (Å²) in [5.41, 5.74) is 6.20. The maximum Gasteiger partial charge on any atom is 0.244 e. The minimum Gasteiger partial charge on any atom is -0.361 e. The molecule has 0 aliphatic rings. The first kappa shape index (κ1) is 16.0. The zero-order chi connectivity index (χ0) is 17.3. The Bertz CT molecular complexity index is 937. The fourth-order valence-corrected chi connectivity index (χ4v) is 2.84. The van der Waals surface area contributed by atoms with E-state index in [1.807, 2.05) is 32.2 Å². The number of rotatable bonds is 3. The molecule has 1 N–H and O–H groups in total. The van der Waals surface area contributed by atoms with Crippen LogP contribution in [0.3, 0.4) is 0 Å². The van der Waals surface area contributed by atoms with Crippen molar-refractivity contribution >= 4 is 28.7 Å². The fourth-order valence-electron chi connectivity index (χ4n) is 2.84. The van der Waals surface area contributed by atoms with E-state index in [1.54, 1.807) is 6.21 Å². The fraction of sp³-hybridized carbons (Fsp3) is 0.200. The van der Waals surface area contributed by atoms with Gasteiger partial charge in [0.1, 0.15) is 0 Å². The molecule has 0 saturated carbocycles. The molecule has 0 atom stereocenters. The molecule has 0 bridgehead atoms. The van der Waals surface area contributed by atoms with Gasteiger partial charge in [0.15, 0.2) is 0 Å². The lowest BCUT2D eigenvalue weighted by Gasteiger charge is -2.17. The highest BCUT2D eigenvalue weighted by atomic mass is 16.2. The van der Waals surface area contributed by atoms with Crippen molar-refractivity contribution in [3.63, 3.8) is 0 Å². The third-order valence-electron chi connectivity index (χ3n) is 4.06. The van der Waals surface area contributed by atoms with E-state index >= 15 is 0 Å². The van der Waals surface area contributed by atoms with Crippen molar-refractivity contribution in [3.8, 4) is 0 Å². The number of nitrogens with zero attached hydrogens (tertiary/aromatic N) is 2. The normalized spacial score (nSPS) is 11.3. The topological polar surface area (TPSA) is 48.5 Å². The second kappa shape index (κ2) is 6.32. The van der Waals surface area contributed by atoms with Gasteiger partial charge < -0.3 is 4.98 Å². The van der Waals surface area contributed by atoms with Crippen LogP contribution in [0.4, 0.5) is 5.69 Å². The second-order valence-electron chi connectivity index (χ2n) is 6.16. The molecule has 4 heteroatoms. The predicted molar refractivity (Wildman–Crippen MR) is 99.7 cm³/mol. The summed E-state index contributed by atoms with van der Waals surface area (Å²) in [6.45, 7) is 7.61. The first-order valence-corrected chi connectivity index (χ1v) is 7.95. The molecule has 4 nitrogen and oxygen atoms in total. The van der Waals surface area contributed by atoms with Crippen LogP contribution in [0.15, 0.2) is 47.7 Å². The van der Waals surface area contributed by atoms with Crippen LogP contribution >= 0.6 is 0 Å². The third-order valence-corrected chi connectivity index (χ3v) is 4.06. The smallest absolute Gasteiger partial charge is 0.244 e. The number of fused-ring (bicyclic) bond motifs is 1. The maximum atomic E-state index is 12.1. The van der Waals surface area contributed by atoms with Crippen LogP contribution in [0.1, 0.15) is 29.2 Å². The van der Waals surface area contributed by atoms with Crippen molar-refractivity contribution in [1.29, 1.82) is 0 Å². The van der Waals surface area contributed by atoms with E-state index < -0.39 is 0 Å². The number of aryl methyl sites for hydroxylation is 3. The lowest BCUT2D eigenvalue weighted by atomic mass is 10.1. The summed E-state index contributed by atoms with van der Waals surface area (Å²) in [5.74, 6) is -0.116. The molecule has 0 aliphatic heterocycles. The lowest BCUT2D eigenvalue weighted by molar-refractivity contribution is -0.116. The number of carbonyl (C=O) groups is 1. The van der Waals surface area contributed by atoms with Gasteiger partial charge in [-0.05, 0) is 44.5 Å². The highest BCUT2D eigenvalue weighted by Gasteiger charge is 2.13. The summed E-state index contributed by atoms with van der Waals surface area (Å²) in [5, 5.41) is 6.99. The summed E-state index contributed by atoms with van der Waals surface area (Å²) < 4.78 is 0. The van der Waals surface area contributed by atoms with E-state index in [0.717, 1.165) is 33.3 Å². The Morgan fingerprint density at radius 3 is 2.50 bits per heavy atom. The number of aromatic nitrogens is 1. The minimum atomic E-state index is -0.116. The Morgan fingerprint density at radius 1 is 1.08 bits per heavy atom. The third kappa shape index (κ3) is 3.08. The summed E-state index contributed by atoms with van der Waals surface area (Å²) in [4.78, 5) is 15.3. The summed E-state index contributed by atoms with van der Waals surface area (Å²) in [7, 11) is 0. The van der Waals surface area contributed by atoms with E-state index in [4.69, 9.17) is 0 Å². The lowest BCUT2D eigenvalue weighted by Crippen LogP contribution is -2.23. The standard InChI is InChI=1S/C20H21N3O/c1-13-6-8-20(15(3)9-13)23(16(4)24)22-12-17-11-21-19-7-5-14(2)10-18(17)19/h5-12,21H,1-4H3/b22-12+. The molecular formula is C20H21N3O. The van der Waals surface area contributed by atoms with Crippen LogP contribution in [0.25, 0.3) is 10.9 Å². The van der Waals surface area contributed by atoms with Crippen LogP contribution in [-0.4, -0.2) is 17.1 Å². The molecule has 3 aromatic rings. The number of nitrogens with one attached hydrogen (secondary N) is 1. The van der Waals surface area contributed by atoms with Crippen molar-refractivity contribution in [2.45, 2.75) is 27.7 Å². The second-order valence-corrected chi connectivity index (χ2v) is 6.16. The van der Waals surface area contributed by atoms with Crippen molar-refractivity contribution in [2.75, 3.05) is 5.01 Å². The average Bonchev–Trinajstić information content (AvgIpc) is 2.91. The number of H-pyrrole nitrogens is 1. The Kier molecular flexibility index (Phi) is 4.21.